The van der Waals surface area contributed by atoms with Crippen molar-refractivity contribution < 1.29 is 39.5 Å². The van der Waals surface area contributed by atoms with Crippen molar-refractivity contribution in [3.05, 3.63) is 93.9 Å². The van der Waals surface area contributed by atoms with Gasteiger partial charge in [0.05, 0.1) is 26.4 Å². The number of rotatable bonds is 6. The number of H-pyrrole nitrogens is 1. The third-order valence-corrected chi connectivity index (χ3v) is 7.46. The van der Waals surface area contributed by atoms with Crippen molar-refractivity contribution in [3.8, 4) is 11.5 Å². The van der Waals surface area contributed by atoms with Crippen LogP contribution in [0.15, 0.2) is 71.7 Å². The molecule has 6 rings (SSSR count). The standard InChI is InChI=1S/2C8H10O.C7H10N2O.C6H14N2.2C4H9NO.C2H6.2CH2O2/c2*1-7-3-5-8(9-2)6-4-7;1-8-5-6-2-3-9-7(10)4-6;1-7-4-6-2-3-8-5-6;2*6-4-1-2-5-3-4;1-2;2*2-1-3/h2*3-6H,1-2H3;2-4,8H,5H2,1H3,(H,9,10);6-8H,2-5H2,1H3;2*4-6H,1-3H2;1-2H3;2*1H,(H,2,3). The first-order chi connectivity index (χ1) is 27.0. The molecule has 3 aliphatic heterocycles. The van der Waals surface area contributed by atoms with Crippen molar-refractivity contribution in [2.24, 2.45) is 5.92 Å². The number of ether oxygens (including phenoxy) is 2. The first-order valence-electron chi connectivity index (χ1n) is 18.9. The Bertz CT molecular complexity index is 1250. The second kappa shape index (κ2) is 41.8. The highest BCUT2D eigenvalue weighted by Crippen LogP contribution is 2.10. The maximum Gasteiger partial charge on any atom is 0.290 e. The summed E-state index contributed by atoms with van der Waals surface area (Å²) in [7, 11) is 7.20. The van der Waals surface area contributed by atoms with Crippen molar-refractivity contribution >= 4 is 12.9 Å². The Morgan fingerprint density at radius 3 is 1.38 bits per heavy atom. The second-order valence-corrected chi connectivity index (χ2v) is 12.0. The highest BCUT2D eigenvalue weighted by atomic mass is 16.5. The minimum atomic E-state index is -0.250. The van der Waals surface area contributed by atoms with Crippen LogP contribution in [0, 0.1) is 19.8 Å². The first kappa shape index (κ1) is 56.0. The maximum absolute atomic E-state index is 10.7. The van der Waals surface area contributed by atoms with Gasteiger partial charge in [-0.25, -0.2) is 0 Å². The van der Waals surface area contributed by atoms with Gasteiger partial charge in [0.1, 0.15) is 11.5 Å². The lowest BCUT2D eigenvalue weighted by atomic mass is 10.1. The lowest BCUT2D eigenvalue weighted by Gasteiger charge is -2.04. The monoisotopic (exact) mass is 793 g/mol. The highest BCUT2D eigenvalue weighted by Gasteiger charge is 2.12. The number of methoxy groups -OCH3 is 2. The summed E-state index contributed by atoms with van der Waals surface area (Å²) in [5.74, 6) is 2.72. The number of aryl methyl sites for hydroxylation is 2. The van der Waals surface area contributed by atoms with E-state index in [0.29, 0.717) is 0 Å². The van der Waals surface area contributed by atoms with Gasteiger partial charge in [-0.05, 0) is 122 Å². The Labute approximate surface area is 334 Å². The zero-order valence-corrected chi connectivity index (χ0v) is 34.8. The molecule has 56 heavy (non-hydrogen) atoms. The molecule has 15 heteroatoms. The molecule has 3 aliphatic rings. The molecule has 0 bridgehead atoms. The van der Waals surface area contributed by atoms with E-state index in [1.807, 2.05) is 82.5 Å². The van der Waals surface area contributed by atoms with Gasteiger partial charge in [-0.1, -0.05) is 49.2 Å². The fraction of sp³-hybridized carbons (Fsp3) is 0.537. The maximum atomic E-state index is 10.7. The van der Waals surface area contributed by atoms with Crippen molar-refractivity contribution in [1.29, 1.82) is 0 Å². The van der Waals surface area contributed by atoms with E-state index in [9.17, 15) is 4.79 Å². The van der Waals surface area contributed by atoms with E-state index in [1.165, 1.54) is 37.2 Å². The summed E-state index contributed by atoms with van der Waals surface area (Å²) in [6, 6.07) is 19.4. The minimum Gasteiger partial charge on any atom is -0.497 e. The van der Waals surface area contributed by atoms with Crippen LogP contribution in [-0.2, 0) is 16.1 Å². The number of carbonyl (C=O) groups is 2. The molecule has 3 saturated heterocycles. The molecule has 2 aromatic carbocycles. The second-order valence-electron chi connectivity index (χ2n) is 12.0. The van der Waals surface area contributed by atoms with E-state index in [4.69, 9.17) is 39.5 Å². The number of carboxylic acid groups (broad SMARTS) is 2. The van der Waals surface area contributed by atoms with Gasteiger partial charge in [0.2, 0.25) is 5.56 Å². The molecule has 320 valence electrons. The molecule has 10 N–H and O–H groups in total. The number of aliphatic hydroxyl groups is 2. The average Bonchev–Trinajstić information content (AvgIpc) is 4.02. The molecular formula is C41H72N6O9. The molecule has 0 radical (unpaired) electrons. The Balaban J connectivity index is -0.000000584. The third kappa shape index (κ3) is 36.6. The minimum absolute atomic E-state index is 0.0484. The SMILES string of the molecule is CC.CNCC1CCNC1.CNCc1cc[nH]c(=O)c1.COc1ccc(C)cc1.COc1ccc(C)cc1.O=CO.O=CO.OC1CCNC1.OC1CCNC1. The van der Waals surface area contributed by atoms with Crippen LogP contribution >= 0.6 is 0 Å². The lowest BCUT2D eigenvalue weighted by Crippen LogP contribution is -2.20. The topological polar surface area (TPSA) is 227 Å². The number of aliphatic hydroxyl groups excluding tert-OH is 2. The Kier molecular flexibility index (Phi) is 41.8. The van der Waals surface area contributed by atoms with Crippen LogP contribution in [0.2, 0.25) is 0 Å². The van der Waals surface area contributed by atoms with E-state index in [-0.39, 0.29) is 30.7 Å². The van der Waals surface area contributed by atoms with E-state index < -0.39 is 0 Å². The number of β-amino-alcohol motifs (C(OH)–C–C–N with tert-alkyl or cyclic N) is 2. The van der Waals surface area contributed by atoms with Gasteiger partial charge in [-0.2, -0.15) is 0 Å². The first-order valence-corrected chi connectivity index (χ1v) is 18.9. The van der Waals surface area contributed by atoms with Gasteiger partial charge in [-0.15, -0.1) is 0 Å². The van der Waals surface area contributed by atoms with Crippen molar-refractivity contribution in [3.63, 3.8) is 0 Å². The molecule has 0 amide bonds. The summed E-state index contributed by atoms with van der Waals surface area (Å²) in [6.45, 7) is 15.5. The number of pyridine rings is 1. The highest BCUT2D eigenvalue weighted by molar-refractivity contribution is 5.33. The van der Waals surface area contributed by atoms with Gasteiger partial charge in [0.25, 0.3) is 12.9 Å². The van der Waals surface area contributed by atoms with Crippen molar-refractivity contribution in [2.75, 3.05) is 74.1 Å². The lowest BCUT2D eigenvalue weighted by molar-refractivity contribution is -0.123. The predicted molar refractivity (Wildman–Crippen MR) is 226 cm³/mol. The summed E-state index contributed by atoms with van der Waals surface area (Å²) < 4.78 is 9.94. The molecule has 4 heterocycles. The van der Waals surface area contributed by atoms with E-state index in [1.54, 1.807) is 26.5 Å². The zero-order chi connectivity index (χ0) is 42.8. The number of aromatic nitrogens is 1. The number of nitrogens with one attached hydrogen (secondary N) is 6. The molecule has 0 aliphatic carbocycles. The third-order valence-electron chi connectivity index (χ3n) is 7.46. The quantitative estimate of drug-likeness (QED) is 0.162. The normalized spacial score (nSPS) is 16.7. The number of hydrogen-bond donors (Lipinski definition) is 10. The largest absolute Gasteiger partial charge is 0.497 e. The van der Waals surface area contributed by atoms with Gasteiger partial charge in [0.15, 0.2) is 0 Å². The van der Waals surface area contributed by atoms with Crippen LogP contribution in [0.5, 0.6) is 11.5 Å². The van der Waals surface area contributed by atoms with E-state index in [0.717, 1.165) is 68.5 Å². The average molecular weight is 793 g/mol. The molecular weight excluding hydrogens is 720 g/mol. The number of hydrogen-bond acceptors (Lipinski definition) is 12. The summed E-state index contributed by atoms with van der Waals surface area (Å²) in [6.07, 6.45) is 4.73. The molecule has 3 fully saturated rings. The van der Waals surface area contributed by atoms with Crippen LogP contribution in [-0.4, -0.2) is 125 Å². The Hall–Kier alpha value is -4.35. The number of aromatic amines is 1. The summed E-state index contributed by atoms with van der Waals surface area (Å²) in [4.78, 5) is 30.0. The van der Waals surface area contributed by atoms with Crippen LogP contribution in [0.4, 0.5) is 0 Å². The molecule has 3 atom stereocenters. The molecule has 0 saturated carbocycles. The predicted octanol–water partition coefficient (Wildman–Crippen LogP) is 3.03. The van der Waals surface area contributed by atoms with Crippen molar-refractivity contribution in [1.82, 2.24) is 31.6 Å². The Morgan fingerprint density at radius 2 is 1.11 bits per heavy atom. The summed E-state index contributed by atoms with van der Waals surface area (Å²) in [5.41, 5.74) is 3.48. The van der Waals surface area contributed by atoms with Gasteiger partial charge < -0.3 is 61.5 Å². The van der Waals surface area contributed by atoms with E-state index in [2.05, 4.69) is 45.4 Å². The summed E-state index contributed by atoms with van der Waals surface area (Å²) >= 11 is 0. The molecule has 3 aromatic rings. The van der Waals surface area contributed by atoms with Crippen LogP contribution in [0.25, 0.3) is 0 Å². The fourth-order valence-corrected chi connectivity index (χ4v) is 4.61. The fourth-order valence-electron chi connectivity index (χ4n) is 4.61. The Morgan fingerprint density at radius 1 is 0.696 bits per heavy atom. The smallest absolute Gasteiger partial charge is 0.290 e. The van der Waals surface area contributed by atoms with Gasteiger partial charge in [-0.3, -0.25) is 14.4 Å². The molecule has 0 spiro atoms. The molecule has 15 nitrogen and oxygen atoms in total. The van der Waals surface area contributed by atoms with Crippen LogP contribution in [0.3, 0.4) is 0 Å². The summed E-state index contributed by atoms with van der Waals surface area (Å²) in [5, 5.41) is 46.6. The van der Waals surface area contributed by atoms with Crippen LogP contribution in [0.1, 0.15) is 49.8 Å². The molecule has 1 aromatic heterocycles. The van der Waals surface area contributed by atoms with Gasteiger partial charge in [0, 0.05) is 31.9 Å². The number of benzene rings is 2. The van der Waals surface area contributed by atoms with Gasteiger partial charge >= 0.3 is 0 Å². The zero-order valence-electron chi connectivity index (χ0n) is 34.8. The van der Waals surface area contributed by atoms with Crippen LogP contribution < -0.4 is 41.6 Å². The molecule has 3 unspecified atom stereocenters. The van der Waals surface area contributed by atoms with E-state index >= 15 is 0 Å². The van der Waals surface area contributed by atoms with Crippen molar-refractivity contribution in [2.45, 2.75) is 65.7 Å².